The fraction of sp³-hybridized carbons (Fsp3) is 0.200. The van der Waals surface area contributed by atoms with Gasteiger partial charge in [0.05, 0.1) is 11.6 Å². The highest BCUT2D eigenvalue weighted by atomic mass is 32.1. The second-order valence-electron chi connectivity index (χ2n) is 7.99. The van der Waals surface area contributed by atoms with Crippen LogP contribution >= 0.6 is 12.2 Å². The van der Waals surface area contributed by atoms with Gasteiger partial charge in [-0.2, -0.15) is 0 Å². The van der Waals surface area contributed by atoms with E-state index in [2.05, 4.69) is 46.3 Å². The molecule has 1 aliphatic heterocycles. The predicted molar refractivity (Wildman–Crippen MR) is 125 cm³/mol. The van der Waals surface area contributed by atoms with Crippen LogP contribution in [0.4, 0.5) is 5.69 Å². The van der Waals surface area contributed by atoms with Gasteiger partial charge >= 0.3 is 0 Å². The topological polar surface area (TPSA) is 53.2 Å². The van der Waals surface area contributed by atoms with E-state index < -0.39 is 0 Å². The first-order valence-corrected chi connectivity index (χ1v) is 10.6. The summed E-state index contributed by atoms with van der Waals surface area (Å²) in [4.78, 5) is 13.4. The largest absolute Gasteiger partial charge is 0.351 e. The third kappa shape index (κ3) is 3.06. The van der Waals surface area contributed by atoms with Crippen LogP contribution < -0.4 is 16.0 Å². The zero-order valence-electron chi connectivity index (χ0n) is 17.0. The first-order chi connectivity index (χ1) is 14.5. The van der Waals surface area contributed by atoms with E-state index in [9.17, 15) is 4.79 Å². The molecular formula is C25H23N3OS. The highest BCUT2D eigenvalue weighted by Crippen LogP contribution is 2.38. The molecule has 3 N–H and O–H groups in total. The number of rotatable bonds is 3. The lowest BCUT2D eigenvalue weighted by molar-refractivity contribution is -0.113. The number of thiocarbonyl (C=S) groups is 1. The molecule has 0 saturated heterocycles. The van der Waals surface area contributed by atoms with Crippen LogP contribution in [-0.2, 0) is 17.6 Å². The summed E-state index contributed by atoms with van der Waals surface area (Å²) in [6.07, 6.45) is 2.15. The average molecular weight is 414 g/mol. The predicted octanol–water partition coefficient (Wildman–Crippen LogP) is 4.68. The van der Waals surface area contributed by atoms with Crippen molar-refractivity contribution in [2.24, 2.45) is 0 Å². The van der Waals surface area contributed by atoms with Gasteiger partial charge in [-0.15, -0.1) is 0 Å². The van der Waals surface area contributed by atoms with Crippen LogP contribution in [-0.4, -0.2) is 11.0 Å². The molecule has 0 bridgehead atoms. The van der Waals surface area contributed by atoms with Crippen molar-refractivity contribution in [1.29, 1.82) is 0 Å². The number of carbonyl (C=O) groups excluding carboxylic acids is 1. The molecule has 4 nitrogen and oxygen atoms in total. The summed E-state index contributed by atoms with van der Waals surface area (Å²) >= 11 is 5.45. The monoisotopic (exact) mass is 413 g/mol. The van der Waals surface area contributed by atoms with Crippen molar-refractivity contribution in [3.63, 3.8) is 0 Å². The number of allylic oxidation sites excluding steroid dienone is 1. The number of nitrogens with one attached hydrogen (secondary N) is 3. The molecule has 1 amide bonds. The van der Waals surface area contributed by atoms with Crippen LogP contribution in [0.1, 0.15) is 35.2 Å². The molecule has 1 atom stereocenters. The Balaban J connectivity index is 1.61. The Morgan fingerprint density at radius 1 is 1.00 bits per heavy atom. The van der Waals surface area contributed by atoms with E-state index in [1.165, 1.54) is 21.9 Å². The maximum absolute atomic E-state index is 13.4. The Hall–Kier alpha value is -3.18. The molecule has 5 heteroatoms. The standard InChI is InChI=1S/C25H23N3OS/c1-14-6-3-4-9-20(14)27-24(29)21-15(2)26-25(30)28-23(21)19-13-12-17-11-10-16-7-5-8-18(19)22(16)17/h3-9,12-13,23H,10-11H2,1-2H3,(H,27,29)(H2,26,28,30)/t23-/m0/s1. The number of hydrogen-bond acceptors (Lipinski definition) is 2. The van der Waals surface area contributed by atoms with Crippen LogP contribution in [0.3, 0.4) is 0 Å². The van der Waals surface area contributed by atoms with Crippen LogP contribution in [0.5, 0.6) is 0 Å². The van der Waals surface area contributed by atoms with Gasteiger partial charge in [-0.25, -0.2) is 0 Å². The molecule has 0 radical (unpaired) electrons. The van der Waals surface area contributed by atoms with Gasteiger partial charge in [-0.3, -0.25) is 4.79 Å². The fourth-order valence-electron chi connectivity index (χ4n) is 4.65. The number of anilines is 1. The first kappa shape index (κ1) is 18.8. The van der Waals surface area contributed by atoms with E-state index >= 15 is 0 Å². The number of amides is 1. The maximum Gasteiger partial charge on any atom is 0.255 e. The lowest BCUT2D eigenvalue weighted by Crippen LogP contribution is -2.45. The first-order valence-electron chi connectivity index (χ1n) is 10.2. The van der Waals surface area contributed by atoms with Gasteiger partial charge in [0.25, 0.3) is 5.91 Å². The van der Waals surface area contributed by atoms with E-state index in [1.54, 1.807) is 0 Å². The van der Waals surface area contributed by atoms with Crippen molar-refractivity contribution in [3.8, 4) is 0 Å². The second-order valence-corrected chi connectivity index (χ2v) is 8.40. The summed E-state index contributed by atoms with van der Waals surface area (Å²) in [7, 11) is 0. The summed E-state index contributed by atoms with van der Waals surface area (Å²) in [5.41, 5.74) is 7.12. The van der Waals surface area contributed by atoms with Crippen molar-refractivity contribution >= 4 is 39.7 Å². The minimum atomic E-state index is -0.312. The van der Waals surface area contributed by atoms with Gasteiger partial charge < -0.3 is 16.0 Å². The minimum Gasteiger partial charge on any atom is -0.351 e. The van der Waals surface area contributed by atoms with E-state index in [-0.39, 0.29) is 11.9 Å². The molecule has 1 heterocycles. The van der Waals surface area contributed by atoms with E-state index in [1.807, 2.05) is 38.1 Å². The molecule has 3 aromatic carbocycles. The summed E-state index contributed by atoms with van der Waals surface area (Å²) in [5, 5.41) is 12.6. The van der Waals surface area contributed by atoms with Crippen LogP contribution in [0.15, 0.2) is 65.9 Å². The van der Waals surface area contributed by atoms with Gasteiger partial charge in [0, 0.05) is 11.4 Å². The number of benzene rings is 3. The SMILES string of the molecule is CC1=C(C(=O)Nc2ccccc2C)[C@H](c2ccc3c4c(cccc24)CC3)NC(=S)N1. The zero-order chi connectivity index (χ0) is 20.8. The average Bonchev–Trinajstić information content (AvgIpc) is 3.14. The van der Waals surface area contributed by atoms with Gasteiger partial charge in [0.1, 0.15) is 0 Å². The number of hydrogen-bond donors (Lipinski definition) is 3. The van der Waals surface area contributed by atoms with Crippen molar-refractivity contribution in [2.45, 2.75) is 32.7 Å². The van der Waals surface area contributed by atoms with Crippen molar-refractivity contribution in [2.75, 3.05) is 5.32 Å². The third-order valence-corrected chi connectivity index (χ3v) is 6.35. The summed E-state index contributed by atoms with van der Waals surface area (Å²) in [5.74, 6) is -0.127. The molecule has 5 rings (SSSR count). The summed E-state index contributed by atoms with van der Waals surface area (Å²) in [6, 6.07) is 18.3. The Morgan fingerprint density at radius 3 is 2.57 bits per heavy atom. The Morgan fingerprint density at radius 2 is 1.77 bits per heavy atom. The molecule has 0 saturated carbocycles. The number of carbonyl (C=O) groups is 1. The molecule has 0 spiro atoms. The molecule has 30 heavy (non-hydrogen) atoms. The number of para-hydroxylation sites is 1. The zero-order valence-corrected chi connectivity index (χ0v) is 17.8. The number of aryl methyl sites for hydroxylation is 3. The molecule has 1 aliphatic carbocycles. The molecule has 0 unspecified atom stereocenters. The van der Waals surface area contributed by atoms with Gasteiger partial charge in [0.15, 0.2) is 5.11 Å². The molecular weight excluding hydrogens is 390 g/mol. The van der Waals surface area contributed by atoms with Crippen molar-refractivity contribution in [1.82, 2.24) is 10.6 Å². The lowest BCUT2D eigenvalue weighted by Gasteiger charge is -2.31. The molecule has 2 aliphatic rings. The van der Waals surface area contributed by atoms with Crippen LogP contribution in [0.25, 0.3) is 10.8 Å². The Kier molecular flexibility index (Phi) is 4.55. The van der Waals surface area contributed by atoms with E-state index in [0.717, 1.165) is 35.4 Å². The van der Waals surface area contributed by atoms with E-state index in [4.69, 9.17) is 12.2 Å². The van der Waals surface area contributed by atoms with Crippen molar-refractivity contribution < 1.29 is 4.79 Å². The van der Waals surface area contributed by atoms with E-state index in [0.29, 0.717) is 10.7 Å². The molecule has 150 valence electrons. The second kappa shape index (κ2) is 7.26. The Bertz CT molecular complexity index is 1230. The van der Waals surface area contributed by atoms with Gasteiger partial charge in [-0.1, -0.05) is 48.5 Å². The lowest BCUT2D eigenvalue weighted by atomic mass is 9.89. The van der Waals surface area contributed by atoms with Gasteiger partial charge in [0.2, 0.25) is 0 Å². The fourth-order valence-corrected chi connectivity index (χ4v) is 4.92. The molecule has 0 fully saturated rings. The van der Waals surface area contributed by atoms with Crippen molar-refractivity contribution in [3.05, 3.63) is 88.1 Å². The highest BCUT2D eigenvalue weighted by Gasteiger charge is 2.32. The van der Waals surface area contributed by atoms with Crippen LogP contribution in [0.2, 0.25) is 0 Å². The van der Waals surface area contributed by atoms with Crippen LogP contribution in [0, 0.1) is 6.92 Å². The normalized spacial score (nSPS) is 17.7. The quantitative estimate of drug-likeness (QED) is 0.546. The smallest absolute Gasteiger partial charge is 0.255 e. The maximum atomic E-state index is 13.4. The molecule has 0 aromatic heterocycles. The molecule has 3 aromatic rings. The minimum absolute atomic E-state index is 0.127. The Labute approximate surface area is 181 Å². The van der Waals surface area contributed by atoms with Gasteiger partial charge in [-0.05, 0) is 78.0 Å². The highest BCUT2D eigenvalue weighted by molar-refractivity contribution is 7.80. The third-order valence-electron chi connectivity index (χ3n) is 6.13. The summed E-state index contributed by atoms with van der Waals surface area (Å²) in [6.45, 7) is 3.90. The summed E-state index contributed by atoms with van der Waals surface area (Å²) < 4.78 is 0.